The third-order valence-corrected chi connectivity index (χ3v) is 6.94. The summed E-state index contributed by atoms with van der Waals surface area (Å²) in [6.07, 6.45) is 1.05. The molecule has 0 bridgehead atoms. The van der Waals surface area contributed by atoms with Gasteiger partial charge in [-0.1, -0.05) is 20.8 Å². The van der Waals surface area contributed by atoms with E-state index in [0.29, 0.717) is 11.3 Å². The van der Waals surface area contributed by atoms with Gasteiger partial charge in [0.1, 0.15) is 24.2 Å². The van der Waals surface area contributed by atoms with Gasteiger partial charge in [0.25, 0.3) is 5.91 Å². The predicted octanol–water partition coefficient (Wildman–Crippen LogP) is 0.0751. The molecule has 16 nitrogen and oxygen atoms in total. The molecular formula is C27H48N8O8. The Hall–Kier alpha value is -4.24. The van der Waals surface area contributed by atoms with Crippen molar-refractivity contribution in [1.29, 1.82) is 0 Å². The number of nitrogens with zero attached hydrogens (tertiary/aromatic N) is 4. The number of likely N-dealkylation sites (N-methyl/N-ethyl adjacent to an activating group) is 4. The van der Waals surface area contributed by atoms with Crippen molar-refractivity contribution in [3.63, 3.8) is 0 Å². The van der Waals surface area contributed by atoms with Crippen LogP contribution in [-0.2, 0) is 24.0 Å². The lowest BCUT2D eigenvalue weighted by Crippen LogP contribution is -2.58. The second-order valence-corrected chi connectivity index (χ2v) is 10.7. The summed E-state index contributed by atoms with van der Waals surface area (Å²) in [4.78, 5) is 104. The summed E-state index contributed by atoms with van der Waals surface area (Å²) >= 11 is 0. The molecule has 0 aromatic rings. The Labute approximate surface area is 253 Å². The van der Waals surface area contributed by atoms with Gasteiger partial charge in [-0.2, -0.15) is 0 Å². The van der Waals surface area contributed by atoms with Gasteiger partial charge in [-0.15, -0.1) is 0 Å². The van der Waals surface area contributed by atoms with E-state index >= 15 is 0 Å². The zero-order valence-corrected chi connectivity index (χ0v) is 27.1. The maximum absolute atomic E-state index is 13.1. The lowest BCUT2D eigenvalue weighted by molar-refractivity contribution is -0.147. The Morgan fingerprint density at radius 1 is 0.674 bits per heavy atom. The molecule has 4 N–H and O–H groups in total. The molecule has 0 radical (unpaired) electrons. The van der Waals surface area contributed by atoms with E-state index in [-0.39, 0.29) is 24.7 Å². The molecule has 0 heterocycles. The highest BCUT2D eigenvalue weighted by atomic mass is 16.2. The molecule has 0 fully saturated rings. The van der Waals surface area contributed by atoms with Crippen LogP contribution in [0.1, 0.15) is 60.8 Å². The number of urea groups is 3. The molecule has 0 rings (SSSR count). The summed E-state index contributed by atoms with van der Waals surface area (Å²) in [6, 6.07) is -7.39. The molecule has 0 saturated carbocycles. The summed E-state index contributed by atoms with van der Waals surface area (Å²) in [7, 11) is 6.70. The van der Waals surface area contributed by atoms with E-state index in [4.69, 9.17) is 0 Å². The van der Waals surface area contributed by atoms with E-state index < -0.39 is 65.9 Å². The molecule has 0 saturated heterocycles. The van der Waals surface area contributed by atoms with Crippen LogP contribution < -0.4 is 21.3 Å². The molecule has 0 aliphatic heterocycles. The second kappa shape index (κ2) is 17.7. The van der Waals surface area contributed by atoms with Crippen LogP contribution in [0, 0.1) is 5.92 Å². The third kappa shape index (κ3) is 11.5. The average Bonchev–Trinajstić information content (AvgIpc) is 2.95. The highest BCUT2D eigenvalue weighted by Gasteiger charge is 2.34. The van der Waals surface area contributed by atoms with E-state index in [1.54, 1.807) is 6.92 Å². The zero-order valence-electron chi connectivity index (χ0n) is 27.1. The van der Waals surface area contributed by atoms with Crippen LogP contribution in [0.15, 0.2) is 0 Å². The van der Waals surface area contributed by atoms with Gasteiger partial charge in [0.2, 0.25) is 23.6 Å². The molecule has 43 heavy (non-hydrogen) atoms. The number of carbonyl (C=O) groups is 8. The smallest absolute Gasteiger partial charge is 0.333 e. The summed E-state index contributed by atoms with van der Waals surface area (Å²) in [5.74, 6) is -2.69. The van der Waals surface area contributed by atoms with E-state index in [9.17, 15) is 38.4 Å². The van der Waals surface area contributed by atoms with Crippen LogP contribution in [0.25, 0.3) is 0 Å². The van der Waals surface area contributed by atoms with E-state index in [1.165, 1.54) is 46.9 Å². The van der Waals surface area contributed by atoms with Crippen molar-refractivity contribution in [2.45, 2.75) is 85.0 Å². The van der Waals surface area contributed by atoms with Crippen molar-refractivity contribution < 1.29 is 38.4 Å². The largest absolute Gasteiger partial charge is 0.357 e. The highest BCUT2D eigenvalue weighted by molar-refractivity contribution is 6.07. The van der Waals surface area contributed by atoms with Gasteiger partial charge in [-0.05, 0) is 39.5 Å². The first kappa shape index (κ1) is 38.8. The quantitative estimate of drug-likeness (QED) is 0.237. The molecule has 11 amide bonds. The fourth-order valence-corrected chi connectivity index (χ4v) is 3.83. The third-order valence-electron chi connectivity index (χ3n) is 6.94. The van der Waals surface area contributed by atoms with E-state index in [0.717, 1.165) is 16.8 Å². The minimum absolute atomic E-state index is 0.0660. The van der Waals surface area contributed by atoms with Gasteiger partial charge < -0.3 is 25.3 Å². The number of hydrogen-bond donors (Lipinski definition) is 4. The second-order valence-electron chi connectivity index (χ2n) is 10.7. The number of carbonyl (C=O) groups excluding carboxylic acids is 8. The minimum atomic E-state index is -1.20. The SMILES string of the molecule is CCCC(=O)N(C)[C@H](C)C(=O)N(C)[C@@H](CC(C)C)C(=O)NC(=O)N(C)C(=O)NC(=O)NC(C)C(=O)N(C)[C@H](C)C(=O)NC. The topological polar surface area (TPSA) is 198 Å². The van der Waals surface area contributed by atoms with E-state index in [2.05, 4.69) is 16.0 Å². The van der Waals surface area contributed by atoms with E-state index in [1.807, 2.05) is 26.1 Å². The number of nitrogens with one attached hydrogen (secondary N) is 4. The summed E-state index contributed by atoms with van der Waals surface area (Å²) in [5, 5.41) is 8.62. The Morgan fingerprint density at radius 3 is 1.70 bits per heavy atom. The van der Waals surface area contributed by atoms with Crippen LogP contribution >= 0.6 is 0 Å². The van der Waals surface area contributed by atoms with Gasteiger partial charge in [-0.3, -0.25) is 34.6 Å². The van der Waals surface area contributed by atoms with Gasteiger partial charge in [0.05, 0.1) is 0 Å². The standard InChI is InChI=1S/C27H48N8O8/c1-12-13-20(36)32(8)18(6)24(40)34(10)19(14-15(2)3)22(38)30-26(42)35(11)27(43)31-25(41)29-16(4)23(39)33(9)17(5)21(37)28-7/h15-19H,12-14H2,1-11H3,(H,28,37)(H,30,38,42)(H2,29,31,41,43)/t16?,17-,18-,19+/m1/s1. The lowest BCUT2D eigenvalue weighted by Gasteiger charge is -2.33. The fourth-order valence-electron chi connectivity index (χ4n) is 3.83. The molecule has 0 aromatic carbocycles. The number of imide groups is 3. The molecule has 1 unspecified atom stereocenters. The van der Waals surface area contributed by atoms with Crippen molar-refractivity contribution in [3.8, 4) is 0 Å². The van der Waals surface area contributed by atoms with Gasteiger partial charge in [0.15, 0.2) is 0 Å². The molecular weight excluding hydrogens is 564 g/mol. The number of hydrogen-bond acceptors (Lipinski definition) is 8. The maximum Gasteiger partial charge on any atom is 0.333 e. The van der Waals surface area contributed by atoms with Crippen molar-refractivity contribution in [2.24, 2.45) is 5.92 Å². The fraction of sp³-hybridized carbons (Fsp3) is 0.704. The monoisotopic (exact) mass is 612 g/mol. The number of amides is 11. The van der Waals surface area contributed by atoms with Crippen LogP contribution in [0.4, 0.5) is 14.4 Å². The summed E-state index contributed by atoms with van der Waals surface area (Å²) in [5.41, 5.74) is 0. The molecule has 16 heteroatoms. The Kier molecular flexibility index (Phi) is 15.9. The summed E-state index contributed by atoms with van der Waals surface area (Å²) in [6.45, 7) is 9.87. The van der Waals surface area contributed by atoms with Gasteiger partial charge in [-0.25, -0.2) is 19.3 Å². The van der Waals surface area contributed by atoms with Crippen LogP contribution in [0.5, 0.6) is 0 Å². The molecule has 4 atom stereocenters. The Balaban J connectivity index is 5.38. The van der Waals surface area contributed by atoms with Crippen molar-refractivity contribution in [1.82, 2.24) is 40.9 Å². The molecule has 0 aliphatic rings. The lowest BCUT2D eigenvalue weighted by atomic mass is 10.0. The Morgan fingerprint density at radius 2 is 1.21 bits per heavy atom. The molecule has 0 aromatic heterocycles. The number of rotatable bonds is 12. The average molecular weight is 613 g/mol. The van der Waals surface area contributed by atoms with Crippen molar-refractivity contribution in [3.05, 3.63) is 0 Å². The first-order chi connectivity index (χ1) is 19.8. The molecule has 244 valence electrons. The highest BCUT2D eigenvalue weighted by Crippen LogP contribution is 2.14. The van der Waals surface area contributed by atoms with Crippen LogP contribution in [0.2, 0.25) is 0 Å². The molecule has 0 spiro atoms. The molecule has 0 aliphatic carbocycles. The Bertz CT molecular complexity index is 1070. The van der Waals surface area contributed by atoms with Crippen LogP contribution in [0.3, 0.4) is 0 Å². The van der Waals surface area contributed by atoms with Gasteiger partial charge in [0, 0.05) is 41.7 Å². The first-order valence-electron chi connectivity index (χ1n) is 14.0. The zero-order chi connectivity index (χ0) is 33.8. The van der Waals surface area contributed by atoms with Crippen molar-refractivity contribution in [2.75, 3.05) is 35.2 Å². The first-order valence-corrected chi connectivity index (χ1v) is 14.0. The van der Waals surface area contributed by atoms with Gasteiger partial charge >= 0.3 is 18.1 Å². The summed E-state index contributed by atoms with van der Waals surface area (Å²) < 4.78 is 0. The maximum atomic E-state index is 13.1. The van der Waals surface area contributed by atoms with Crippen molar-refractivity contribution >= 4 is 47.6 Å². The minimum Gasteiger partial charge on any atom is -0.357 e. The predicted molar refractivity (Wildman–Crippen MR) is 157 cm³/mol. The van der Waals surface area contributed by atoms with Crippen LogP contribution in [-0.4, -0.2) is 127 Å². The normalized spacial score (nSPS) is 13.4.